The highest BCUT2D eigenvalue weighted by Gasteiger charge is 2.44. The molecule has 5 aromatic rings. The molecule has 2 fully saturated rings. The third-order valence-electron chi connectivity index (χ3n) is 12.7. The van der Waals surface area contributed by atoms with E-state index in [-0.39, 0.29) is 44.2 Å². The van der Waals surface area contributed by atoms with Gasteiger partial charge in [0.25, 0.3) is 0 Å². The van der Waals surface area contributed by atoms with Gasteiger partial charge in [0.2, 0.25) is 23.6 Å². The van der Waals surface area contributed by atoms with E-state index in [2.05, 4.69) is 81.2 Å². The summed E-state index contributed by atoms with van der Waals surface area (Å²) in [6, 6.07) is 35.0. The van der Waals surface area contributed by atoms with Gasteiger partial charge in [-0.1, -0.05) is 118 Å². The van der Waals surface area contributed by atoms with Gasteiger partial charge in [0.1, 0.15) is 24.4 Å². The number of amides is 4. The fraction of sp³-hybridized carbons (Fsp3) is 0.389. The van der Waals surface area contributed by atoms with Crippen molar-refractivity contribution < 1.29 is 29.0 Å². The van der Waals surface area contributed by atoms with E-state index in [0.717, 1.165) is 56.1 Å². The van der Waals surface area contributed by atoms with E-state index in [1.54, 1.807) is 16.2 Å². The fourth-order valence-electron chi connectivity index (χ4n) is 8.89. The Bertz CT molecular complexity index is 2500. The number of aryl methyl sites for hydroxylation is 1. The van der Waals surface area contributed by atoms with Crippen molar-refractivity contribution in [1.29, 1.82) is 0 Å². The summed E-state index contributed by atoms with van der Waals surface area (Å²) in [5.41, 5.74) is 9.70. The highest BCUT2D eigenvalue weighted by molar-refractivity contribution is 7.13. The molecule has 2 aliphatic heterocycles. The molecule has 7 rings (SSSR count). The number of alkyl halides is 1. The van der Waals surface area contributed by atoms with Crippen molar-refractivity contribution in [2.24, 2.45) is 5.41 Å². The zero-order valence-corrected chi connectivity index (χ0v) is 41.0. The monoisotopic (exact) mass is 958 g/mol. The maximum Gasteiger partial charge on any atom is 0.246 e. The minimum atomic E-state index is -0.977. The first-order valence-corrected chi connectivity index (χ1v) is 24.9. The zero-order chi connectivity index (χ0) is 48.2. The van der Waals surface area contributed by atoms with Crippen LogP contribution in [0.3, 0.4) is 0 Å². The second-order valence-corrected chi connectivity index (χ2v) is 19.8. The molecule has 0 saturated carbocycles. The number of likely N-dealkylation sites (tertiary alicyclic amines) is 1. The lowest BCUT2D eigenvalue weighted by Crippen LogP contribution is -2.57. The molecule has 3 heterocycles. The van der Waals surface area contributed by atoms with Crippen molar-refractivity contribution in [3.05, 3.63) is 143 Å². The molecule has 0 aliphatic carbocycles. The number of aromatic nitrogens is 1. The number of aliphatic hydroxyl groups is 1. The van der Waals surface area contributed by atoms with E-state index in [1.807, 2.05) is 81.7 Å². The molecule has 12 nitrogen and oxygen atoms in total. The summed E-state index contributed by atoms with van der Waals surface area (Å²) >= 11 is 7.91. The van der Waals surface area contributed by atoms with Crippen LogP contribution >= 0.6 is 22.9 Å². The third-order valence-corrected chi connectivity index (χ3v) is 13.8. The van der Waals surface area contributed by atoms with Crippen molar-refractivity contribution in [2.75, 3.05) is 51.8 Å². The first kappa shape index (κ1) is 50.0. The second-order valence-electron chi connectivity index (χ2n) is 18.6. The molecule has 0 radical (unpaired) electrons. The molecule has 358 valence electrons. The van der Waals surface area contributed by atoms with Gasteiger partial charge >= 0.3 is 0 Å². The Morgan fingerprint density at radius 2 is 1.49 bits per heavy atom. The normalized spacial score (nSPS) is 17.3. The minimum absolute atomic E-state index is 0.00808. The van der Waals surface area contributed by atoms with Crippen molar-refractivity contribution in [3.8, 4) is 16.2 Å². The largest absolute Gasteiger partial charge is 0.492 e. The number of aliphatic hydroxyl groups excluding tert-OH is 1. The Labute approximate surface area is 409 Å². The molecule has 3 unspecified atom stereocenters. The SMILES string of the molecule is Cc1ncsc1-c1ccc(CNC(=O)C2CC(O)CN2C(=O)C(NC(=O)CCC(=O)N2CCN(CCOc3ccc(/C(=C(/CCCl)c4ccccc4)c4ccccc4)cc3)CC2)C(C)(C)C)cc1. The highest BCUT2D eigenvalue weighted by Crippen LogP contribution is 2.36. The van der Waals surface area contributed by atoms with Crippen molar-refractivity contribution in [3.63, 3.8) is 0 Å². The summed E-state index contributed by atoms with van der Waals surface area (Å²) in [7, 11) is 0. The average Bonchev–Trinajstić information content (AvgIpc) is 3.97. The number of thiazole rings is 1. The summed E-state index contributed by atoms with van der Waals surface area (Å²) < 4.78 is 6.19. The average molecular weight is 960 g/mol. The molecule has 0 bridgehead atoms. The van der Waals surface area contributed by atoms with Crippen LogP contribution in [0.4, 0.5) is 0 Å². The number of nitrogens with zero attached hydrogens (tertiary/aromatic N) is 4. The van der Waals surface area contributed by atoms with Crippen LogP contribution in [0.15, 0.2) is 115 Å². The van der Waals surface area contributed by atoms with Crippen LogP contribution in [0.1, 0.15) is 74.4 Å². The number of nitrogens with one attached hydrogen (secondary N) is 2. The van der Waals surface area contributed by atoms with Gasteiger partial charge in [-0.2, -0.15) is 0 Å². The second kappa shape index (κ2) is 23.4. The van der Waals surface area contributed by atoms with Gasteiger partial charge < -0.3 is 30.3 Å². The number of piperazine rings is 1. The molecule has 3 N–H and O–H groups in total. The third kappa shape index (κ3) is 13.0. The summed E-state index contributed by atoms with van der Waals surface area (Å²) in [4.78, 5) is 65.1. The van der Waals surface area contributed by atoms with Gasteiger partial charge in [0, 0.05) is 71.0 Å². The van der Waals surface area contributed by atoms with Crippen molar-refractivity contribution in [2.45, 2.75) is 78.1 Å². The predicted molar refractivity (Wildman–Crippen MR) is 270 cm³/mol. The first-order valence-electron chi connectivity index (χ1n) is 23.5. The number of carbonyl (C=O) groups excluding carboxylic acids is 4. The van der Waals surface area contributed by atoms with Crippen LogP contribution in [0.5, 0.6) is 5.75 Å². The van der Waals surface area contributed by atoms with Gasteiger partial charge in [-0.25, -0.2) is 4.98 Å². The predicted octanol–water partition coefficient (Wildman–Crippen LogP) is 7.82. The summed E-state index contributed by atoms with van der Waals surface area (Å²) in [6.45, 7) is 11.4. The molecular formula is C54H63ClN6O6S. The van der Waals surface area contributed by atoms with E-state index in [0.29, 0.717) is 45.2 Å². The Balaban J connectivity index is 0.854. The summed E-state index contributed by atoms with van der Waals surface area (Å²) in [5.74, 6) is -0.0710. The van der Waals surface area contributed by atoms with Crippen LogP contribution in [0, 0.1) is 12.3 Å². The van der Waals surface area contributed by atoms with Gasteiger partial charge in [0.05, 0.1) is 22.2 Å². The van der Waals surface area contributed by atoms with Crippen LogP contribution in [0.25, 0.3) is 21.6 Å². The maximum atomic E-state index is 14.1. The number of rotatable bonds is 18. The fourth-order valence-corrected chi connectivity index (χ4v) is 9.89. The van der Waals surface area contributed by atoms with Gasteiger partial charge in [-0.3, -0.25) is 24.1 Å². The van der Waals surface area contributed by atoms with Gasteiger partial charge in [0.15, 0.2) is 0 Å². The highest BCUT2D eigenvalue weighted by atomic mass is 35.5. The zero-order valence-electron chi connectivity index (χ0n) is 39.5. The molecule has 2 saturated heterocycles. The number of halogens is 1. The van der Waals surface area contributed by atoms with Crippen LogP contribution in [0.2, 0.25) is 0 Å². The number of allylic oxidation sites excluding steroid dienone is 1. The van der Waals surface area contributed by atoms with Gasteiger partial charge in [-0.15, -0.1) is 22.9 Å². The number of hydrogen-bond donors (Lipinski definition) is 3. The van der Waals surface area contributed by atoms with Crippen LogP contribution in [-0.2, 0) is 25.7 Å². The van der Waals surface area contributed by atoms with Crippen molar-refractivity contribution >= 4 is 57.7 Å². The van der Waals surface area contributed by atoms with E-state index in [1.165, 1.54) is 10.5 Å². The Morgan fingerprint density at radius 3 is 2.10 bits per heavy atom. The van der Waals surface area contributed by atoms with E-state index in [9.17, 15) is 24.3 Å². The lowest BCUT2D eigenvalue weighted by atomic mass is 9.85. The number of β-amino-alcohol motifs (C(OH)–C–C–N with tert-alkyl or cyclic N) is 1. The molecule has 14 heteroatoms. The molecule has 1 aromatic heterocycles. The molecule has 2 aliphatic rings. The number of hydrogen-bond acceptors (Lipinski definition) is 9. The lowest BCUT2D eigenvalue weighted by molar-refractivity contribution is -0.144. The standard InChI is InChI=1S/C54H63ClN6O6S/c1-37-50(68-36-57-37)42-17-15-38(16-18-42)34-56-52(65)46-33-43(62)35-61(46)53(66)51(54(2,3)4)58-47(63)23-24-48(64)60-29-27-59(28-30-60)31-32-67-44-21-19-41(20-22-44)49(40-13-9-6-10-14-40)45(25-26-55)39-11-7-5-8-12-39/h5-22,36,43,46,51,62H,23-35H2,1-4H3,(H,56,65)(H,58,63)/b49-45-. The Hall–Kier alpha value is -5.86. The van der Waals surface area contributed by atoms with Crippen LogP contribution < -0.4 is 15.4 Å². The maximum absolute atomic E-state index is 14.1. The molecule has 4 aromatic carbocycles. The number of carbonyl (C=O) groups is 4. The molecule has 4 amide bonds. The minimum Gasteiger partial charge on any atom is -0.492 e. The van der Waals surface area contributed by atoms with E-state index in [4.69, 9.17) is 16.3 Å². The number of ether oxygens (including phenoxy) is 1. The Kier molecular flexibility index (Phi) is 17.2. The smallest absolute Gasteiger partial charge is 0.246 e. The molecular weight excluding hydrogens is 896 g/mol. The van der Waals surface area contributed by atoms with Crippen molar-refractivity contribution in [1.82, 2.24) is 30.3 Å². The van der Waals surface area contributed by atoms with Crippen LogP contribution in [-0.4, -0.2) is 118 Å². The van der Waals surface area contributed by atoms with Gasteiger partial charge in [-0.05, 0) is 69.9 Å². The van der Waals surface area contributed by atoms with E-state index >= 15 is 0 Å². The van der Waals surface area contributed by atoms with E-state index < -0.39 is 35.4 Å². The summed E-state index contributed by atoms with van der Waals surface area (Å²) in [6.07, 6.45) is -0.132. The quantitative estimate of drug-likeness (QED) is 0.0596. The number of benzene rings is 4. The molecule has 68 heavy (non-hydrogen) atoms. The Morgan fingerprint density at radius 1 is 0.838 bits per heavy atom. The molecule has 0 spiro atoms. The summed E-state index contributed by atoms with van der Waals surface area (Å²) in [5, 5.41) is 16.4. The molecule has 3 atom stereocenters. The topological polar surface area (TPSA) is 144 Å². The first-order chi connectivity index (χ1) is 32.8. The lowest BCUT2D eigenvalue weighted by Gasteiger charge is -2.36.